The predicted octanol–water partition coefficient (Wildman–Crippen LogP) is -0.0550. The van der Waals surface area contributed by atoms with Gasteiger partial charge in [0, 0.05) is 39.8 Å². The van der Waals surface area contributed by atoms with Gasteiger partial charge in [0.1, 0.15) is 5.82 Å². The summed E-state index contributed by atoms with van der Waals surface area (Å²) in [6, 6.07) is 4.39. The van der Waals surface area contributed by atoms with Crippen molar-refractivity contribution in [2.45, 2.75) is 13.5 Å². The molecule has 168 valence electrons. The predicted molar refractivity (Wildman–Crippen MR) is 112 cm³/mol. The lowest BCUT2D eigenvalue weighted by molar-refractivity contribution is 0.0942. The minimum absolute atomic E-state index is 0.0542. The second kappa shape index (κ2) is 8.63. The number of aromatic hydroxyl groups is 1. The molecule has 1 fully saturated rings. The summed E-state index contributed by atoms with van der Waals surface area (Å²) in [5.41, 5.74) is -0.148. The maximum atomic E-state index is 13.4. The van der Waals surface area contributed by atoms with Crippen molar-refractivity contribution in [3.63, 3.8) is 0 Å². The van der Waals surface area contributed by atoms with Gasteiger partial charge in [0.2, 0.25) is 21.7 Å². The molecule has 0 unspecified atom stereocenters. The van der Waals surface area contributed by atoms with Crippen LogP contribution in [-0.4, -0.2) is 65.7 Å². The molecule has 0 atom stereocenters. The Morgan fingerprint density at radius 1 is 1.26 bits per heavy atom. The van der Waals surface area contributed by atoms with Crippen molar-refractivity contribution in [1.29, 1.82) is 0 Å². The van der Waals surface area contributed by atoms with Crippen LogP contribution in [0, 0.1) is 12.7 Å². The molecule has 1 aliphatic heterocycles. The Morgan fingerprint density at radius 3 is 2.48 bits per heavy atom. The SMILES string of the molecule is Cc1cc(CNC(=O)c2nc(N3CCN(S(C)(=O)=O)CC3)n(C)c(=O)c2O)ccc1F. The summed E-state index contributed by atoms with van der Waals surface area (Å²) < 4.78 is 39.2. The largest absolute Gasteiger partial charge is 0.501 e. The van der Waals surface area contributed by atoms with Crippen molar-refractivity contribution in [3.8, 4) is 5.75 Å². The molecule has 2 aromatic rings. The molecule has 12 heteroatoms. The third kappa shape index (κ3) is 4.85. The van der Waals surface area contributed by atoms with Crippen LogP contribution >= 0.6 is 0 Å². The van der Waals surface area contributed by atoms with Crippen LogP contribution < -0.4 is 15.8 Å². The first kappa shape index (κ1) is 22.7. The Balaban J connectivity index is 1.81. The summed E-state index contributed by atoms with van der Waals surface area (Å²) >= 11 is 0. The van der Waals surface area contributed by atoms with Gasteiger partial charge in [-0.05, 0) is 24.1 Å². The highest BCUT2D eigenvalue weighted by Gasteiger charge is 2.28. The number of carbonyl (C=O) groups is 1. The Bertz CT molecular complexity index is 1170. The Labute approximate surface area is 179 Å². The van der Waals surface area contributed by atoms with Crippen LogP contribution in [0.1, 0.15) is 21.6 Å². The highest BCUT2D eigenvalue weighted by molar-refractivity contribution is 7.88. The molecule has 2 N–H and O–H groups in total. The number of rotatable bonds is 5. The quantitative estimate of drug-likeness (QED) is 0.650. The first-order valence-electron chi connectivity index (χ1n) is 9.52. The van der Waals surface area contributed by atoms with Crippen LogP contribution in [0.3, 0.4) is 0 Å². The topological polar surface area (TPSA) is 125 Å². The smallest absolute Gasteiger partial charge is 0.297 e. The summed E-state index contributed by atoms with van der Waals surface area (Å²) in [7, 11) is -1.91. The maximum absolute atomic E-state index is 13.4. The van der Waals surface area contributed by atoms with Gasteiger partial charge in [-0.1, -0.05) is 12.1 Å². The molecule has 0 aliphatic carbocycles. The first-order valence-corrected chi connectivity index (χ1v) is 11.4. The average molecular weight is 453 g/mol. The lowest BCUT2D eigenvalue weighted by atomic mass is 10.1. The number of aromatic nitrogens is 2. The van der Waals surface area contributed by atoms with Crippen molar-refractivity contribution < 1.29 is 22.7 Å². The number of benzene rings is 1. The van der Waals surface area contributed by atoms with Crippen molar-refractivity contribution >= 4 is 21.9 Å². The van der Waals surface area contributed by atoms with E-state index in [1.807, 2.05) is 0 Å². The number of anilines is 1. The molecule has 1 aliphatic rings. The van der Waals surface area contributed by atoms with Crippen molar-refractivity contribution in [1.82, 2.24) is 19.2 Å². The molecule has 2 heterocycles. The molecule has 1 aromatic heterocycles. The number of halogens is 1. The molecular weight excluding hydrogens is 429 g/mol. The number of nitrogens with zero attached hydrogens (tertiary/aromatic N) is 4. The van der Waals surface area contributed by atoms with Crippen LogP contribution in [0.2, 0.25) is 0 Å². The number of nitrogens with one attached hydrogen (secondary N) is 1. The van der Waals surface area contributed by atoms with Gasteiger partial charge >= 0.3 is 0 Å². The van der Waals surface area contributed by atoms with Gasteiger partial charge in [-0.15, -0.1) is 0 Å². The van der Waals surface area contributed by atoms with Gasteiger partial charge in [-0.25, -0.2) is 17.8 Å². The number of hydrogen-bond acceptors (Lipinski definition) is 7. The molecular formula is C19H24FN5O5S. The van der Waals surface area contributed by atoms with E-state index in [0.29, 0.717) is 11.1 Å². The Kier molecular flexibility index (Phi) is 6.32. The van der Waals surface area contributed by atoms with E-state index in [-0.39, 0.29) is 44.5 Å². The van der Waals surface area contributed by atoms with Crippen LogP contribution in [0.5, 0.6) is 5.75 Å². The lowest BCUT2D eigenvalue weighted by Gasteiger charge is -2.34. The number of sulfonamides is 1. The minimum atomic E-state index is -3.33. The molecule has 31 heavy (non-hydrogen) atoms. The van der Waals surface area contributed by atoms with E-state index in [9.17, 15) is 27.5 Å². The van der Waals surface area contributed by atoms with E-state index in [4.69, 9.17) is 0 Å². The number of piperazine rings is 1. The van der Waals surface area contributed by atoms with E-state index >= 15 is 0 Å². The normalized spacial score (nSPS) is 15.2. The fourth-order valence-corrected chi connectivity index (χ4v) is 4.15. The zero-order valence-corrected chi connectivity index (χ0v) is 18.2. The van der Waals surface area contributed by atoms with Crippen molar-refractivity contribution in [2.75, 3.05) is 37.3 Å². The third-order valence-electron chi connectivity index (χ3n) is 5.12. The molecule has 1 saturated heterocycles. The number of hydrogen-bond donors (Lipinski definition) is 2. The van der Waals surface area contributed by atoms with Crippen LogP contribution in [0.15, 0.2) is 23.0 Å². The van der Waals surface area contributed by atoms with E-state index in [1.165, 1.54) is 23.5 Å². The van der Waals surface area contributed by atoms with Crippen molar-refractivity contribution in [2.24, 2.45) is 7.05 Å². The van der Waals surface area contributed by atoms with Gasteiger partial charge in [-0.3, -0.25) is 14.2 Å². The Morgan fingerprint density at radius 2 is 1.90 bits per heavy atom. The van der Waals surface area contributed by atoms with Gasteiger partial charge in [-0.2, -0.15) is 4.31 Å². The molecule has 3 rings (SSSR count). The highest BCUT2D eigenvalue weighted by atomic mass is 32.2. The zero-order chi connectivity index (χ0) is 22.9. The minimum Gasteiger partial charge on any atom is -0.501 e. The van der Waals surface area contributed by atoms with Gasteiger partial charge in [0.05, 0.1) is 6.26 Å². The molecule has 0 saturated carbocycles. The molecule has 0 spiro atoms. The fourth-order valence-electron chi connectivity index (χ4n) is 3.32. The van der Waals surface area contributed by atoms with E-state index in [0.717, 1.165) is 10.8 Å². The second-order valence-electron chi connectivity index (χ2n) is 7.39. The second-order valence-corrected chi connectivity index (χ2v) is 9.37. The molecule has 0 bridgehead atoms. The van der Waals surface area contributed by atoms with E-state index < -0.39 is 32.9 Å². The van der Waals surface area contributed by atoms with E-state index in [1.54, 1.807) is 17.9 Å². The van der Waals surface area contributed by atoms with E-state index in [2.05, 4.69) is 10.3 Å². The summed E-state index contributed by atoms with van der Waals surface area (Å²) in [5.74, 6) is -1.75. The zero-order valence-electron chi connectivity index (χ0n) is 17.4. The summed E-state index contributed by atoms with van der Waals surface area (Å²) in [4.78, 5) is 30.9. The number of aryl methyl sites for hydroxylation is 1. The fraction of sp³-hybridized carbons (Fsp3) is 0.421. The third-order valence-corrected chi connectivity index (χ3v) is 6.43. The van der Waals surface area contributed by atoms with Crippen LogP contribution in [0.4, 0.5) is 10.3 Å². The number of amides is 1. The number of carbonyl (C=O) groups excluding carboxylic acids is 1. The lowest BCUT2D eigenvalue weighted by Crippen LogP contribution is -2.50. The standard InChI is InChI=1S/C19H24FN5O5S/c1-12-10-13(4-5-14(12)20)11-21-17(27)15-16(26)18(28)23(2)19(22-15)24-6-8-25(9-7-24)31(3,29)30/h4-5,10,26H,6-9,11H2,1-3H3,(H,21,27). The molecule has 0 radical (unpaired) electrons. The molecule has 10 nitrogen and oxygen atoms in total. The molecule has 1 aromatic carbocycles. The van der Waals surface area contributed by atoms with Gasteiger partial charge in [0.15, 0.2) is 5.69 Å². The summed E-state index contributed by atoms with van der Waals surface area (Å²) in [6.45, 7) is 2.62. The molecule has 1 amide bonds. The van der Waals surface area contributed by atoms with Crippen molar-refractivity contribution in [3.05, 3.63) is 51.2 Å². The average Bonchev–Trinajstić information content (AvgIpc) is 2.72. The van der Waals surface area contributed by atoms with Crippen LogP contribution in [0.25, 0.3) is 0 Å². The Hall–Kier alpha value is -2.99. The first-order chi connectivity index (χ1) is 14.5. The van der Waals surface area contributed by atoms with Gasteiger partial charge in [0.25, 0.3) is 11.5 Å². The summed E-state index contributed by atoms with van der Waals surface area (Å²) in [6.07, 6.45) is 1.13. The van der Waals surface area contributed by atoms with Crippen LogP contribution in [-0.2, 0) is 23.6 Å². The van der Waals surface area contributed by atoms with Gasteiger partial charge < -0.3 is 15.3 Å². The monoisotopic (exact) mass is 453 g/mol. The summed E-state index contributed by atoms with van der Waals surface area (Å²) in [5, 5.41) is 12.8. The maximum Gasteiger partial charge on any atom is 0.297 e. The highest BCUT2D eigenvalue weighted by Crippen LogP contribution is 2.18.